The van der Waals surface area contributed by atoms with Crippen LogP contribution < -0.4 is 0 Å². The molecule has 0 aliphatic heterocycles. The predicted molar refractivity (Wildman–Crippen MR) is 61.1 cm³/mol. The number of nitro benzene ring substituents is 1. The van der Waals surface area contributed by atoms with Crippen molar-refractivity contribution in [3.63, 3.8) is 0 Å². The molecule has 0 unspecified atom stereocenters. The Hall–Kier alpha value is -2.77. The monoisotopic (exact) mass is 248 g/mol. The number of hydrogen-bond acceptors (Lipinski definition) is 5. The summed E-state index contributed by atoms with van der Waals surface area (Å²) in [6.45, 7) is 0.246. The van der Waals surface area contributed by atoms with E-state index < -0.39 is 9.85 Å². The number of benzene rings is 1. The third-order valence-corrected chi connectivity index (χ3v) is 2.28. The van der Waals surface area contributed by atoms with Gasteiger partial charge in [-0.05, 0) is 10.5 Å². The van der Waals surface area contributed by atoms with Crippen LogP contribution in [0.15, 0.2) is 36.5 Å². The van der Waals surface area contributed by atoms with E-state index >= 15 is 0 Å². The Balaban J connectivity index is 2.20. The van der Waals surface area contributed by atoms with E-state index in [1.807, 2.05) is 0 Å². The lowest BCUT2D eigenvalue weighted by molar-refractivity contribution is -0.389. The van der Waals surface area contributed by atoms with E-state index in [1.54, 1.807) is 12.1 Å². The number of nitro groups is 2. The van der Waals surface area contributed by atoms with E-state index in [9.17, 15) is 20.2 Å². The lowest BCUT2D eigenvalue weighted by atomic mass is 10.2. The summed E-state index contributed by atoms with van der Waals surface area (Å²) in [5.41, 5.74) is 0.636. The molecule has 0 atom stereocenters. The topological polar surface area (TPSA) is 104 Å². The second-order valence-corrected chi connectivity index (χ2v) is 3.56. The molecule has 0 saturated carbocycles. The molecule has 92 valence electrons. The minimum Gasteiger partial charge on any atom is -0.358 e. The van der Waals surface area contributed by atoms with Crippen LogP contribution in [0, 0.1) is 20.2 Å². The van der Waals surface area contributed by atoms with Crippen molar-refractivity contribution >= 4 is 11.5 Å². The zero-order chi connectivity index (χ0) is 13.1. The molecule has 0 spiro atoms. The van der Waals surface area contributed by atoms with Crippen LogP contribution in [0.1, 0.15) is 5.56 Å². The number of nitrogens with zero attached hydrogens (tertiary/aromatic N) is 4. The smallest absolute Gasteiger partial charge is 0.358 e. The molecule has 1 aromatic carbocycles. The molecule has 0 bridgehead atoms. The van der Waals surface area contributed by atoms with Gasteiger partial charge in [0.2, 0.25) is 0 Å². The van der Waals surface area contributed by atoms with Crippen molar-refractivity contribution in [2.24, 2.45) is 0 Å². The molecule has 0 aliphatic rings. The highest BCUT2D eigenvalue weighted by molar-refractivity contribution is 5.34. The largest absolute Gasteiger partial charge is 0.389 e. The lowest BCUT2D eigenvalue weighted by Crippen LogP contribution is -2.01. The maximum atomic E-state index is 10.6. The number of non-ortho nitro benzene ring substituents is 1. The van der Waals surface area contributed by atoms with Gasteiger partial charge < -0.3 is 10.1 Å². The summed E-state index contributed by atoms with van der Waals surface area (Å²) in [4.78, 5) is 20.0. The van der Waals surface area contributed by atoms with Crippen molar-refractivity contribution in [1.82, 2.24) is 9.78 Å². The van der Waals surface area contributed by atoms with Gasteiger partial charge in [-0.3, -0.25) is 10.1 Å². The highest BCUT2D eigenvalue weighted by atomic mass is 16.6. The Morgan fingerprint density at radius 1 is 1.17 bits per heavy atom. The molecule has 8 nitrogen and oxygen atoms in total. The first-order valence-electron chi connectivity index (χ1n) is 4.97. The Bertz CT molecular complexity index is 607. The Morgan fingerprint density at radius 2 is 1.94 bits per heavy atom. The van der Waals surface area contributed by atoms with E-state index in [1.165, 1.54) is 29.1 Å². The second kappa shape index (κ2) is 4.62. The zero-order valence-corrected chi connectivity index (χ0v) is 9.09. The summed E-state index contributed by atoms with van der Waals surface area (Å²) in [6, 6.07) is 7.33. The first-order chi connectivity index (χ1) is 8.56. The van der Waals surface area contributed by atoms with Crippen molar-refractivity contribution in [1.29, 1.82) is 0 Å². The molecule has 0 N–H and O–H groups in total. The van der Waals surface area contributed by atoms with Crippen molar-refractivity contribution in [3.8, 4) is 0 Å². The van der Waals surface area contributed by atoms with Gasteiger partial charge in [0, 0.05) is 12.1 Å². The Morgan fingerprint density at radius 3 is 2.56 bits per heavy atom. The van der Waals surface area contributed by atoms with Crippen LogP contribution in [-0.4, -0.2) is 19.6 Å². The van der Waals surface area contributed by atoms with Gasteiger partial charge in [-0.15, -0.1) is 0 Å². The molecule has 0 aliphatic carbocycles. The van der Waals surface area contributed by atoms with E-state index in [-0.39, 0.29) is 18.1 Å². The maximum Gasteiger partial charge on any atom is 0.389 e. The van der Waals surface area contributed by atoms with E-state index in [0.29, 0.717) is 5.56 Å². The van der Waals surface area contributed by atoms with Gasteiger partial charge in [-0.2, -0.15) is 4.68 Å². The summed E-state index contributed by atoms with van der Waals surface area (Å²) in [6.07, 6.45) is 1.46. The Labute approximate surface area is 101 Å². The predicted octanol–water partition coefficient (Wildman–Crippen LogP) is 1.75. The minimum absolute atomic E-state index is 0.0193. The van der Waals surface area contributed by atoms with Crippen molar-refractivity contribution < 1.29 is 9.85 Å². The van der Waals surface area contributed by atoms with Gasteiger partial charge in [0.25, 0.3) is 5.69 Å². The van der Waals surface area contributed by atoms with Crippen molar-refractivity contribution in [2.45, 2.75) is 6.54 Å². The van der Waals surface area contributed by atoms with Crippen LogP contribution in [-0.2, 0) is 6.54 Å². The van der Waals surface area contributed by atoms with Gasteiger partial charge in [-0.25, -0.2) is 0 Å². The first-order valence-corrected chi connectivity index (χ1v) is 4.97. The fourth-order valence-corrected chi connectivity index (χ4v) is 1.49. The summed E-state index contributed by atoms with van der Waals surface area (Å²) >= 11 is 0. The molecular formula is C10H8N4O4. The summed E-state index contributed by atoms with van der Waals surface area (Å²) in [5.74, 6) is -0.250. The highest BCUT2D eigenvalue weighted by Crippen LogP contribution is 2.14. The third-order valence-electron chi connectivity index (χ3n) is 2.28. The first kappa shape index (κ1) is 11.7. The number of hydrogen-bond donors (Lipinski definition) is 0. The van der Waals surface area contributed by atoms with Crippen LogP contribution >= 0.6 is 0 Å². The van der Waals surface area contributed by atoms with Gasteiger partial charge >= 0.3 is 5.82 Å². The highest BCUT2D eigenvalue weighted by Gasteiger charge is 2.12. The molecule has 2 aromatic rings. The fraction of sp³-hybridized carbons (Fsp3) is 0.100. The summed E-state index contributed by atoms with van der Waals surface area (Å²) < 4.78 is 1.36. The average molecular weight is 248 g/mol. The van der Waals surface area contributed by atoms with Crippen LogP contribution in [0.4, 0.5) is 11.5 Å². The van der Waals surface area contributed by atoms with Gasteiger partial charge in [0.15, 0.2) is 0 Å². The van der Waals surface area contributed by atoms with Crippen molar-refractivity contribution in [2.75, 3.05) is 0 Å². The minimum atomic E-state index is -0.593. The molecule has 0 fully saturated rings. The van der Waals surface area contributed by atoms with E-state index in [2.05, 4.69) is 5.10 Å². The SMILES string of the molecule is O=[N+]([O-])c1cccc(Cn2ccc([N+](=O)[O-])n2)c1. The quantitative estimate of drug-likeness (QED) is 0.605. The van der Waals surface area contributed by atoms with Crippen LogP contribution in [0.5, 0.6) is 0 Å². The zero-order valence-electron chi connectivity index (χ0n) is 9.09. The number of rotatable bonds is 4. The van der Waals surface area contributed by atoms with Gasteiger partial charge in [0.1, 0.15) is 0 Å². The van der Waals surface area contributed by atoms with Gasteiger partial charge in [-0.1, -0.05) is 12.1 Å². The molecule has 0 amide bonds. The molecule has 1 aromatic heterocycles. The summed E-state index contributed by atoms with van der Waals surface area (Å²) in [5, 5.41) is 24.8. The number of aromatic nitrogens is 2. The molecule has 1 heterocycles. The molecule has 0 radical (unpaired) electrons. The Kier molecular flexibility index (Phi) is 3.00. The standard InChI is InChI=1S/C10H8N4O4/c15-13(16)9-3-1-2-8(6-9)7-12-5-4-10(11-12)14(17)18/h1-6H,7H2. The van der Waals surface area contributed by atoms with Gasteiger partial charge in [0.05, 0.1) is 28.8 Å². The van der Waals surface area contributed by atoms with Crippen LogP contribution in [0.3, 0.4) is 0 Å². The molecular weight excluding hydrogens is 240 g/mol. The molecule has 8 heteroatoms. The molecule has 18 heavy (non-hydrogen) atoms. The van der Waals surface area contributed by atoms with Crippen LogP contribution in [0.2, 0.25) is 0 Å². The maximum absolute atomic E-state index is 10.6. The summed E-state index contributed by atoms with van der Waals surface area (Å²) in [7, 11) is 0. The second-order valence-electron chi connectivity index (χ2n) is 3.56. The normalized spacial score (nSPS) is 10.2. The van der Waals surface area contributed by atoms with Crippen molar-refractivity contribution in [3.05, 3.63) is 62.3 Å². The van der Waals surface area contributed by atoms with E-state index in [0.717, 1.165) is 0 Å². The molecule has 0 saturated heterocycles. The lowest BCUT2D eigenvalue weighted by Gasteiger charge is -1.98. The average Bonchev–Trinajstić information content (AvgIpc) is 2.78. The fourth-order valence-electron chi connectivity index (χ4n) is 1.49. The van der Waals surface area contributed by atoms with Crippen LogP contribution in [0.25, 0.3) is 0 Å². The third kappa shape index (κ3) is 2.48. The van der Waals surface area contributed by atoms with E-state index in [4.69, 9.17) is 0 Å². The molecule has 2 rings (SSSR count).